The molecule has 7 rings (SSSR count). The van der Waals surface area contributed by atoms with Gasteiger partial charge in [-0.15, -0.1) is 21.5 Å². The number of nitrogen functional groups attached to an aromatic ring is 1. The number of phenolic OH excluding ortho intramolecular Hbond substituents is 1. The summed E-state index contributed by atoms with van der Waals surface area (Å²) in [5, 5.41) is 40.3. The number of carbonyl (C=O) groups is 2. The number of benzene rings is 2. The summed E-state index contributed by atoms with van der Waals surface area (Å²) < 4.78 is 30.0. The van der Waals surface area contributed by atoms with Crippen LogP contribution >= 0.6 is 11.3 Å². The van der Waals surface area contributed by atoms with Crippen LogP contribution in [0.4, 0.5) is 5.82 Å². The van der Waals surface area contributed by atoms with Crippen LogP contribution in [0.25, 0.3) is 32.8 Å². The third-order valence-electron chi connectivity index (χ3n) is 10.7. The first-order valence-electron chi connectivity index (χ1n) is 21.1. The average molecular weight is 896 g/mol. The zero-order valence-corrected chi connectivity index (χ0v) is 36.8. The van der Waals surface area contributed by atoms with Crippen LogP contribution in [0.15, 0.2) is 83.1 Å². The minimum Gasteiger partial charge on any atom is -0.507 e. The Morgan fingerprint density at radius 3 is 2.41 bits per heavy atom. The zero-order chi connectivity index (χ0) is 45.0. The maximum atomic E-state index is 14.0. The Morgan fingerprint density at radius 1 is 0.953 bits per heavy atom. The van der Waals surface area contributed by atoms with Crippen LogP contribution in [0, 0.1) is 12.8 Å². The molecule has 0 saturated carbocycles. The normalized spacial score (nSPS) is 15.5. The van der Waals surface area contributed by atoms with Gasteiger partial charge in [0, 0.05) is 48.5 Å². The van der Waals surface area contributed by atoms with Gasteiger partial charge >= 0.3 is 0 Å². The smallest absolute Gasteiger partial charge is 0.254 e. The van der Waals surface area contributed by atoms with Crippen LogP contribution in [0.1, 0.15) is 43.2 Å². The molecule has 1 saturated heterocycles. The minimum absolute atomic E-state index is 0.0378. The first-order chi connectivity index (χ1) is 31.0. The number of amides is 2. The Kier molecular flexibility index (Phi) is 15.7. The number of phenols is 1. The molecule has 1 aliphatic rings. The Balaban J connectivity index is 0.770. The number of likely N-dealkylation sites (tertiary alicyclic amines) is 1. The number of β-amino-alcohol motifs (C(OH)–C–C–N with tert-alkyl or cyclic N) is 1. The highest BCUT2D eigenvalue weighted by Crippen LogP contribution is 2.34. The van der Waals surface area contributed by atoms with Crippen molar-refractivity contribution in [3.63, 3.8) is 0 Å². The number of nitrogens with zero attached hydrogens (tertiary/aromatic N) is 7. The molecule has 5 N–H and O–H groups in total. The summed E-state index contributed by atoms with van der Waals surface area (Å²) in [5.41, 5.74) is 13.4. The molecule has 64 heavy (non-hydrogen) atoms. The topological polar surface area (TPSA) is 235 Å². The van der Waals surface area contributed by atoms with Crippen LogP contribution in [0.5, 0.6) is 11.6 Å². The SMILES string of the molecule is Cc1ncsc1-c1ccc(CNC(=O)[C@@H]2C[C@@H](O)CN2C(=O)[C@H](c2cc(OCCOCCOCCOCCn3cc(-c4cc(-c5ccccc5O)nnc4N)cn3)no2)C(C)C)cc1. The van der Waals surface area contributed by atoms with Crippen molar-refractivity contribution in [2.24, 2.45) is 5.92 Å². The van der Waals surface area contributed by atoms with E-state index >= 15 is 0 Å². The summed E-state index contributed by atoms with van der Waals surface area (Å²) in [6.07, 6.45) is 2.85. The van der Waals surface area contributed by atoms with Gasteiger partial charge in [0.25, 0.3) is 5.88 Å². The second-order valence-electron chi connectivity index (χ2n) is 15.6. The monoisotopic (exact) mass is 895 g/mol. The fourth-order valence-corrected chi connectivity index (χ4v) is 8.16. The predicted molar refractivity (Wildman–Crippen MR) is 237 cm³/mol. The molecule has 1 fully saturated rings. The van der Waals surface area contributed by atoms with E-state index in [1.165, 1.54) is 4.90 Å². The number of aromatic nitrogens is 6. The number of rotatable bonds is 22. The van der Waals surface area contributed by atoms with Gasteiger partial charge in [0.15, 0.2) is 11.6 Å². The molecule has 3 atom stereocenters. The van der Waals surface area contributed by atoms with Crippen LogP contribution in [-0.2, 0) is 36.9 Å². The number of hydrogen-bond donors (Lipinski definition) is 4. The first-order valence-corrected chi connectivity index (χ1v) is 22.0. The number of aromatic hydroxyl groups is 1. The zero-order valence-electron chi connectivity index (χ0n) is 36.0. The number of aliphatic hydroxyl groups excluding tert-OH is 1. The van der Waals surface area contributed by atoms with E-state index in [4.69, 9.17) is 29.2 Å². The van der Waals surface area contributed by atoms with Gasteiger partial charge in [-0.2, -0.15) is 5.10 Å². The fraction of sp³-hybridized carbons (Fsp3) is 0.400. The number of aryl methyl sites for hydroxylation is 1. The van der Waals surface area contributed by atoms with Gasteiger partial charge in [0.05, 0.1) is 80.3 Å². The molecule has 2 amide bonds. The van der Waals surface area contributed by atoms with Crippen LogP contribution in [0.2, 0.25) is 0 Å². The van der Waals surface area contributed by atoms with Crippen molar-refractivity contribution in [2.45, 2.75) is 58.3 Å². The summed E-state index contributed by atoms with van der Waals surface area (Å²) in [5.74, 6) is -0.717. The molecule has 19 heteroatoms. The number of hydrogen-bond acceptors (Lipinski definition) is 16. The number of nitrogens with two attached hydrogens (primary N) is 1. The minimum atomic E-state index is -0.831. The molecule has 0 bridgehead atoms. The number of ether oxygens (including phenoxy) is 4. The summed E-state index contributed by atoms with van der Waals surface area (Å²) in [4.78, 5) is 34.2. The maximum absolute atomic E-state index is 14.0. The third kappa shape index (κ3) is 11.7. The Labute approximate surface area is 374 Å². The second-order valence-corrected chi connectivity index (χ2v) is 16.4. The van der Waals surface area contributed by atoms with Crippen LogP contribution in [-0.4, -0.2) is 122 Å². The van der Waals surface area contributed by atoms with Gasteiger partial charge in [-0.05, 0) is 47.3 Å². The summed E-state index contributed by atoms with van der Waals surface area (Å²) in [7, 11) is 0. The standard InChI is InChI=1S/C45H53N9O9S/c1-28(2)41(45(58)54-26-33(55)20-37(54)44(57)47-23-30-8-10-31(11-9-30)42-29(3)48-27-64-42)39-22-40(52-63-39)62-19-18-61-17-16-60-15-14-59-13-12-53-25-32(24-49-53)35-21-36(50-51-43(35)46)34-6-4-5-7-38(34)56/h4-11,21-22,24-25,27-28,33,37,41,55-56H,12-20,23,26H2,1-3H3,(H2,46,51)(H,47,57)/t33-,37+,41+/m1/s1. The number of aliphatic hydroxyl groups is 1. The van der Waals surface area contributed by atoms with E-state index in [1.54, 1.807) is 52.5 Å². The molecular weight excluding hydrogens is 843 g/mol. The van der Waals surface area contributed by atoms with Crippen molar-refractivity contribution in [1.82, 2.24) is 40.3 Å². The highest BCUT2D eigenvalue weighted by Gasteiger charge is 2.43. The van der Waals surface area contributed by atoms with Crippen molar-refractivity contribution in [3.05, 3.63) is 95.6 Å². The van der Waals surface area contributed by atoms with E-state index < -0.39 is 18.1 Å². The van der Waals surface area contributed by atoms with E-state index in [-0.39, 0.29) is 67.9 Å². The summed E-state index contributed by atoms with van der Waals surface area (Å²) >= 11 is 1.58. The van der Waals surface area contributed by atoms with Crippen molar-refractivity contribution in [3.8, 4) is 44.5 Å². The number of carbonyl (C=O) groups excluding carboxylic acids is 2. The second kappa shape index (κ2) is 21.9. The largest absolute Gasteiger partial charge is 0.507 e. The Morgan fingerprint density at radius 2 is 1.69 bits per heavy atom. The molecule has 2 aromatic carbocycles. The van der Waals surface area contributed by atoms with Gasteiger partial charge in [0.2, 0.25) is 11.8 Å². The molecule has 0 radical (unpaired) electrons. The molecule has 1 aliphatic heterocycles. The fourth-order valence-electron chi connectivity index (χ4n) is 7.35. The highest BCUT2D eigenvalue weighted by molar-refractivity contribution is 7.13. The van der Waals surface area contributed by atoms with Crippen LogP contribution < -0.4 is 15.8 Å². The number of anilines is 1. The maximum Gasteiger partial charge on any atom is 0.254 e. The van der Waals surface area contributed by atoms with Crippen molar-refractivity contribution >= 4 is 29.0 Å². The van der Waals surface area contributed by atoms with E-state index in [2.05, 4.69) is 30.8 Å². The Bertz CT molecular complexity index is 2460. The molecule has 0 aliphatic carbocycles. The van der Waals surface area contributed by atoms with Gasteiger partial charge in [-0.1, -0.05) is 50.2 Å². The quantitative estimate of drug-likeness (QED) is 0.0666. The summed E-state index contributed by atoms with van der Waals surface area (Å²) in [6.45, 7) is 8.98. The van der Waals surface area contributed by atoms with E-state index in [9.17, 15) is 19.8 Å². The highest BCUT2D eigenvalue weighted by atomic mass is 32.1. The molecule has 4 aromatic heterocycles. The average Bonchev–Trinajstić information content (AvgIpc) is 4.12. The van der Waals surface area contributed by atoms with Gasteiger partial charge < -0.3 is 49.6 Å². The molecular formula is C45H53N9O9S. The van der Waals surface area contributed by atoms with E-state index in [1.807, 2.05) is 62.8 Å². The lowest BCUT2D eigenvalue weighted by atomic mass is 9.91. The Hall–Kier alpha value is -6.25. The van der Waals surface area contributed by atoms with Crippen molar-refractivity contribution in [1.29, 1.82) is 0 Å². The molecule has 0 unspecified atom stereocenters. The predicted octanol–water partition coefficient (Wildman–Crippen LogP) is 4.86. The van der Waals surface area contributed by atoms with Crippen LogP contribution in [0.3, 0.4) is 0 Å². The van der Waals surface area contributed by atoms with Gasteiger partial charge in [-0.3, -0.25) is 14.3 Å². The summed E-state index contributed by atoms with van der Waals surface area (Å²) in [6, 6.07) is 17.4. The molecule has 6 aromatic rings. The molecule has 0 spiro atoms. The number of para-hydroxylation sites is 1. The lowest BCUT2D eigenvalue weighted by molar-refractivity contribution is -0.141. The molecule has 5 heterocycles. The van der Waals surface area contributed by atoms with E-state index in [0.717, 1.165) is 27.3 Å². The molecule has 338 valence electrons. The number of thiazole rings is 1. The van der Waals surface area contributed by atoms with Crippen molar-refractivity contribution < 1.29 is 43.3 Å². The first kappa shape index (κ1) is 45.8. The lowest BCUT2D eigenvalue weighted by Crippen LogP contribution is -2.48. The van der Waals surface area contributed by atoms with E-state index in [0.29, 0.717) is 62.2 Å². The van der Waals surface area contributed by atoms with Gasteiger partial charge in [-0.25, -0.2) is 4.98 Å². The number of nitrogens with one attached hydrogen (secondary N) is 1. The molecule has 18 nitrogen and oxygen atoms in total. The third-order valence-corrected chi connectivity index (χ3v) is 11.6. The lowest BCUT2D eigenvalue weighted by Gasteiger charge is -2.28. The van der Waals surface area contributed by atoms with Gasteiger partial charge in [0.1, 0.15) is 24.3 Å². The van der Waals surface area contributed by atoms with Crippen molar-refractivity contribution in [2.75, 3.05) is 58.5 Å².